The van der Waals surface area contributed by atoms with Crippen molar-refractivity contribution < 1.29 is 19.6 Å². The van der Waals surface area contributed by atoms with Crippen molar-refractivity contribution in [1.29, 1.82) is 0 Å². The molecule has 1 aliphatic heterocycles. The number of rotatable bonds is 5. The van der Waals surface area contributed by atoms with Crippen molar-refractivity contribution in [3.63, 3.8) is 0 Å². The summed E-state index contributed by atoms with van der Waals surface area (Å²) in [5.74, 6) is 0.109. The van der Waals surface area contributed by atoms with Crippen molar-refractivity contribution in [2.24, 2.45) is 0 Å². The normalized spacial score (nSPS) is 18.4. The molecule has 0 aromatic heterocycles. The summed E-state index contributed by atoms with van der Waals surface area (Å²) >= 11 is 0. The number of hydrogen-bond donors (Lipinski definition) is 2. The third-order valence-corrected chi connectivity index (χ3v) is 3.64. The average Bonchev–Trinajstić information content (AvgIpc) is 2.88. The largest absolute Gasteiger partial charge is 0.488 e. The van der Waals surface area contributed by atoms with Gasteiger partial charge in [-0.05, 0) is 23.9 Å². The Morgan fingerprint density at radius 2 is 2.10 bits per heavy atom. The summed E-state index contributed by atoms with van der Waals surface area (Å²) in [6, 6.07) is 7.14. The van der Waals surface area contributed by atoms with E-state index in [4.69, 9.17) is 14.8 Å². The molecule has 0 aliphatic carbocycles. The van der Waals surface area contributed by atoms with Crippen LogP contribution in [0.15, 0.2) is 24.3 Å². The maximum atomic E-state index is 11.4. The second-order valence-corrected chi connectivity index (χ2v) is 5.14. The summed E-state index contributed by atoms with van der Waals surface area (Å²) in [5.41, 5.74) is 1.44. The van der Waals surface area contributed by atoms with Gasteiger partial charge in [0, 0.05) is 13.5 Å². The Balaban J connectivity index is 1.79. The van der Waals surface area contributed by atoms with Gasteiger partial charge >= 0.3 is 7.12 Å². The van der Waals surface area contributed by atoms with Gasteiger partial charge in [0.1, 0.15) is 0 Å². The van der Waals surface area contributed by atoms with Gasteiger partial charge in [-0.15, -0.1) is 0 Å². The molecule has 1 aromatic carbocycles. The number of carbonyl (C=O) groups excluding carboxylic acids is 1. The SMILES string of the molecule is CC(=O)N1CCC[C@H]1COCc1ccc(B(O)O)cc1. The van der Waals surface area contributed by atoms with E-state index >= 15 is 0 Å². The molecule has 5 nitrogen and oxygen atoms in total. The minimum absolute atomic E-state index is 0.109. The van der Waals surface area contributed by atoms with Gasteiger partial charge in [0.05, 0.1) is 19.3 Å². The van der Waals surface area contributed by atoms with E-state index in [1.165, 1.54) is 0 Å². The van der Waals surface area contributed by atoms with E-state index < -0.39 is 7.12 Å². The van der Waals surface area contributed by atoms with Crippen LogP contribution in [0.25, 0.3) is 0 Å². The zero-order valence-electron chi connectivity index (χ0n) is 11.7. The maximum absolute atomic E-state index is 11.4. The first-order valence-corrected chi connectivity index (χ1v) is 6.88. The van der Waals surface area contributed by atoms with Crippen LogP contribution in [0.2, 0.25) is 0 Å². The van der Waals surface area contributed by atoms with Crippen LogP contribution in [-0.4, -0.2) is 47.2 Å². The molecular weight excluding hydrogens is 257 g/mol. The highest BCUT2D eigenvalue weighted by Gasteiger charge is 2.26. The van der Waals surface area contributed by atoms with Crippen molar-refractivity contribution in [3.05, 3.63) is 29.8 Å². The number of likely N-dealkylation sites (tertiary alicyclic amines) is 1. The van der Waals surface area contributed by atoms with E-state index in [0.717, 1.165) is 24.9 Å². The second kappa shape index (κ2) is 6.88. The fraction of sp³-hybridized carbons (Fsp3) is 0.500. The van der Waals surface area contributed by atoms with Gasteiger partial charge in [0.15, 0.2) is 0 Å². The molecule has 0 bridgehead atoms. The minimum atomic E-state index is -1.44. The lowest BCUT2D eigenvalue weighted by atomic mass is 9.80. The molecule has 0 unspecified atom stereocenters. The zero-order valence-corrected chi connectivity index (χ0v) is 11.7. The Morgan fingerprint density at radius 1 is 1.40 bits per heavy atom. The molecule has 20 heavy (non-hydrogen) atoms. The highest BCUT2D eigenvalue weighted by molar-refractivity contribution is 6.58. The summed E-state index contributed by atoms with van der Waals surface area (Å²) in [6.45, 7) is 3.43. The number of hydrogen-bond acceptors (Lipinski definition) is 4. The molecule has 1 saturated heterocycles. The summed E-state index contributed by atoms with van der Waals surface area (Å²) < 4.78 is 5.67. The molecule has 1 aromatic rings. The molecule has 0 saturated carbocycles. The second-order valence-electron chi connectivity index (χ2n) is 5.14. The standard InChI is InChI=1S/C14H20BNO4/c1-11(17)16-8-2-3-14(16)10-20-9-12-4-6-13(7-5-12)15(18)19/h4-7,14,18-19H,2-3,8-10H2,1H3/t14-/m0/s1. The predicted octanol–water partition coefficient (Wildman–Crippen LogP) is -0.106. The first-order valence-electron chi connectivity index (χ1n) is 6.88. The fourth-order valence-electron chi connectivity index (χ4n) is 2.52. The number of ether oxygens (including phenoxy) is 1. The van der Waals surface area contributed by atoms with Gasteiger partial charge in [0.2, 0.25) is 5.91 Å². The predicted molar refractivity (Wildman–Crippen MR) is 76.3 cm³/mol. The molecule has 1 fully saturated rings. The van der Waals surface area contributed by atoms with Crippen molar-refractivity contribution >= 4 is 18.5 Å². The quantitative estimate of drug-likeness (QED) is 0.737. The number of amides is 1. The lowest BCUT2D eigenvalue weighted by Gasteiger charge is -2.23. The zero-order chi connectivity index (χ0) is 14.5. The molecule has 1 heterocycles. The number of nitrogens with zero attached hydrogens (tertiary/aromatic N) is 1. The molecule has 108 valence electrons. The molecule has 1 aliphatic rings. The first-order chi connectivity index (χ1) is 9.58. The van der Waals surface area contributed by atoms with Gasteiger partial charge < -0.3 is 19.7 Å². The Labute approximate surface area is 119 Å². The Morgan fingerprint density at radius 3 is 2.70 bits per heavy atom. The van der Waals surface area contributed by atoms with Crippen LogP contribution < -0.4 is 5.46 Å². The molecule has 0 spiro atoms. The van der Waals surface area contributed by atoms with E-state index in [2.05, 4.69) is 0 Å². The van der Waals surface area contributed by atoms with Gasteiger partial charge in [-0.1, -0.05) is 24.3 Å². The topological polar surface area (TPSA) is 70.0 Å². The number of carbonyl (C=O) groups is 1. The van der Waals surface area contributed by atoms with Crippen LogP contribution >= 0.6 is 0 Å². The Bertz CT molecular complexity index is 449. The average molecular weight is 277 g/mol. The van der Waals surface area contributed by atoms with Gasteiger partial charge in [0.25, 0.3) is 0 Å². The maximum Gasteiger partial charge on any atom is 0.488 e. The first kappa shape index (κ1) is 15.0. The van der Waals surface area contributed by atoms with Crippen molar-refractivity contribution in [3.8, 4) is 0 Å². The number of benzene rings is 1. The molecule has 2 rings (SSSR count). The monoisotopic (exact) mass is 277 g/mol. The van der Waals surface area contributed by atoms with Crippen molar-refractivity contribution in [2.75, 3.05) is 13.2 Å². The smallest absolute Gasteiger partial charge is 0.423 e. The molecule has 2 N–H and O–H groups in total. The highest BCUT2D eigenvalue weighted by atomic mass is 16.5. The summed E-state index contributed by atoms with van der Waals surface area (Å²) in [5, 5.41) is 18.0. The molecule has 0 radical (unpaired) electrons. The van der Waals surface area contributed by atoms with Crippen LogP contribution in [0, 0.1) is 0 Å². The molecule has 1 amide bonds. The van der Waals surface area contributed by atoms with E-state index in [1.54, 1.807) is 19.1 Å². The third-order valence-electron chi connectivity index (χ3n) is 3.64. The Kier molecular flexibility index (Phi) is 5.17. The molecule has 1 atom stereocenters. The molecule has 6 heteroatoms. The van der Waals surface area contributed by atoms with E-state index in [0.29, 0.717) is 18.7 Å². The lowest BCUT2D eigenvalue weighted by Crippen LogP contribution is -2.36. The summed E-state index contributed by atoms with van der Waals surface area (Å²) in [6.07, 6.45) is 2.03. The van der Waals surface area contributed by atoms with Crippen molar-refractivity contribution in [2.45, 2.75) is 32.4 Å². The highest BCUT2D eigenvalue weighted by Crippen LogP contribution is 2.17. The fourth-order valence-corrected chi connectivity index (χ4v) is 2.52. The minimum Gasteiger partial charge on any atom is -0.423 e. The summed E-state index contributed by atoms with van der Waals surface area (Å²) in [4.78, 5) is 13.3. The Hall–Kier alpha value is -1.37. The van der Waals surface area contributed by atoms with Crippen LogP contribution in [-0.2, 0) is 16.1 Å². The summed E-state index contributed by atoms with van der Waals surface area (Å²) in [7, 11) is -1.44. The van der Waals surface area contributed by atoms with E-state index in [1.807, 2.05) is 17.0 Å². The van der Waals surface area contributed by atoms with Crippen LogP contribution in [0.4, 0.5) is 0 Å². The van der Waals surface area contributed by atoms with Gasteiger partial charge in [-0.3, -0.25) is 4.79 Å². The van der Waals surface area contributed by atoms with Gasteiger partial charge in [-0.2, -0.15) is 0 Å². The van der Waals surface area contributed by atoms with Gasteiger partial charge in [-0.25, -0.2) is 0 Å². The van der Waals surface area contributed by atoms with E-state index in [9.17, 15) is 4.79 Å². The van der Waals surface area contributed by atoms with Crippen LogP contribution in [0.1, 0.15) is 25.3 Å². The molecular formula is C14H20BNO4. The van der Waals surface area contributed by atoms with E-state index in [-0.39, 0.29) is 11.9 Å². The van der Waals surface area contributed by atoms with Crippen LogP contribution in [0.5, 0.6) is 0 Å². The van der Waals surface area contributed by atoms with Crippen molar-refractivity contribution in [1.82, 2.24) is 4.90 Å². The third kappa shape index (κ3) is 3.82. The lowest BCUT2D eigenvalue weighted by molar-refractivity contribution is -0.130. The van der Waals surface area contributed by atoms with Crippen LogP contribution in [0.3, 0.4) is 0 Å².